The Bertz CT molecular complexity index is 389. The molecule has 2 fully saturated rings. The first-order valence-electron chi connectivity index (χ1n) is 6.53. The molecule has 1 unspecified atom stereocenters. The fourth-order valence-electron chi connectivity index (χ4n) is 3.15. The van der Waals surface area contributed by atoms with Crippen LogP contribution in [-0.4, -0.2) is 56.0 Å². The van der Waals surface area contributed by atoms with Crippen LogP contribution >= 0.6 is 0 Å². The van der Waals surface area contributed by atoms with E-state index >= 15 is 0 Å². The monoisotopic (exact) mass is 277 g/mol. The summed E-state index contributed by atoms with van der Waals surface area (Å²) < 4.78 is 29.8. The van der Waals surface area contributed by atoms with Gasteiger partial charge in [0.05, 0.1) is 18.0 Å². The Kier molecular flexibility index (Phi) is 4.02. The van der Waals surface area contributed by atoms with Crippen LogP contribution in [0.5, 0.6) is 0 Å². The van der Waals surface area contributed by atoms with Gasteiger partial charge in [-0.25, -0.2) is 12.7 Å². The number of ether oxygens (including phenoxy) is 1. The zero-order valence-electron chi connectivity index (χ0n) is 11.1. The van der Waals surface area contributed by atoms with E-state index in [-0.39, 0.29) is 12.0 Å². The second-order valence-electron chi connectivity index (χ2n) is 5.82. The lowest BCUT2D eigenvalue weighted by atomic mass is 9.71. The van der Waals surface area contributed by atoms with Crippen LogP contribution < -0.4 is 0 Å². The van der Waals surface area contributed by atoms with Gasteiger partial charge in [-0.1, -0.05) is 0 Å². The molecule has 1 N–H and O–H groups in total. The van der Waals surface area contributed by atoms with Crippen LogP contribution in [0.1, 0.15) is 32.1 Å². The summed E-state index contributed by atoms with van der Waals surface area (Å²) in [6.45, 7) is 1.17. The number of nitrogens with zero attached hydrogens (tertiary/aromatic N) is 1. The number of piperidine rings is 1. The molecule has 1 saturated carbocycles. The summed E-state index contributed by atoms with van der Waals surface area (Å²) in [5.74, 6) is 0.274. The van der Waals surface area contributed by atoms with E-state index in [1.54, 1.807) is 7.11 Å². The minimum absolute atomic E-state index is 0.171. The molecule has 2 aliphatic rings. The minimum atomic E-state index is -3.09. The first kappa shape index (κ1) is 14.2. The molecule has 0 aromatic heterocycles. The average Bonchev–Trinajstić information content (AvgIpc) is 2.24. The van der Waals surface area contributed by atoms with Crippen molar-refractivity contribution in [2.45, 2.75) is 43.8 Å². The van der Waals surface area contributed by atoms with Gasteiger partial charge < -0.3 is 9.84 Å². The van der Waals surface area contributed by atoms with Crippen LogP contribution in [0.4, 0.5) is 0 Å². The third kappa shape index (κ3) is 3.23. The highest BCUT2D eigenvalue weighted by atomic mass is 32.2. The highest BCUT2D eigenvalue weighted by molar-refractivity contribution is 7.88. The third-order valence-corrected chi connectivity index (χ3v) is 5.44. The Hall–Kier alpha value is -0.170. The van der Waals surface area contributed by atoms with Gasteiger partial charge in [0.15, 0.2) is 0 Å². The molecule has 106 valence electrons. The predicted octanol–water partition coefficient (Wildman–Crippen LogP) is 0.588. The van der Waals surface area contributed by atoms with Crippen molar-refractivity contribution in [1.29, 1.82) is 0 Å². The maximum atomic E-state index is 11.5. The second-order valence-corrected chi connectivity index (χ2v) is 7.81. The van der Waals surface area contributed by atoms with Crippen LogP contribution in [0.25, 0.3) is 0 Å². The quantitative estimate of drug-likeness (QED) is 0.816. The van der Waals surface area contributed by atoms with E-state index in [0.717, 1.165) is 12.8 Å². The Morgan fingerprint density at radius 3 is 2.67 bits per heavy atom. The van der Waals surface area contributed by atoms with Gasteiger partial charge in [0.1, 0.15) is 0 Å². The molecule has 6 heteroatoms. The molecule has 1 atom stereocenters. The summed E-state index contributed by atoms with van der Waals surface area (Å²) in [6, 6.07) is 0. The van der Waals surface area contributed by atoms with Crippen LogP contribution in [0.3, 0.4) is 0 Å². The maximum absolute atomic E-state index is 11.5. The Morgan fingerprint density at radius 2 is 2.11 bits per heavy atom. The van der Waals surface area contributed by atoms with Gasteiger partial charge in [0, 0.05) is 33.0 Å². The van der Waals surface area contributed by atoms with Crippen molar-refractivity contribution in [3.05, 3.63) is 0 Å². The molecule has 1 aliphatic carbocycles. The summed E-state index contributed by atoms with van der Waals surface area (Å²) in [4.78, 5) is 0. The van der Waals surface area contributed by atoms with Crippen molar-refractivity contribution >= 4 is 10.0 Å². The van der Waals surface area contributed by atoms with Crippen LogP contribution in [-0.2, 0) is 14.8 Å². The van der Waals surface area contributed by atoms with Crippen molar-refractivity contribution in [1.82, 2.24) is 4.31 Å². The van der Waals surface area contributed by atoms with Gasteiger partial charge in [-0.15, -0.1) is 0 Å². The molecule has 18 heavy (non-hydrogen) atoms. The molecule has 1 aliphatic heterocycles. The zero-order chi connectivity index (χ0) is 13.4. The van der Waals surface area contributed by atoms with Crippen LogP contribution in [0.2, 0.25) is 0 Å². The van der Waals surface area contributed by atoms with E-state index < -0.39 is 15.6 Å². The number of aliphatic hydroxyl groups is 1. The van der Waals surface area contributed by atoms with Gasteiger partial charge in [-0.3, -0.25) is 0 Å². The fourth-order valence-corrected chi connectivity index (χ4v) is 4.10. The number of hydrogen-bond acceptors (Lipinski definition) is 4. The molecule has 2 rings (SSSR count). The number of rotatable bonds is 4. The molecule has 0 spiro atoms. The van der Waals surface area contributed by atoms with Crippen molar-refractivity contribution in [2.75, 3.05) is 26.5 Å². The second kappa shape index (κ2) is 5.07. The SMILES string of the molecule is COC1CC(O)(CC2CCCN(S(C)(=O)=O)C2)C1. The zero-order valence-corrected chi connectivity index (χ0v) is 11.9. The molecule has 0 bridgehead atoms. The van der Waals surface area contributed by atoms with Gasteiger partial charge in [-0.2, -0.15) is 0 Å². The van der Waals surface area contributed by atoms with E-state index in [1.165, 1.54) is 10.6 Å². The molecular weight excluding hydrogens is 254 g/mol. The Balaban J connectivity index is 1.87. The van der Waals surface area contributed by atoms with E-state index in [9.17, 15) is 13.5 Å². The van der Waals surface area contributed by atoms with Crippen molar-refractivity contribution in [3.8, 4) is 0 Å². The molecule has 1 saturated heterocycles. The van der Waals surface area contributed by atoms with Gasteiger partial charge in [0.25, 0.3) is 0 Å². The lowest BCUT2D eigenvalue weighted by molar-refractivity contribution is -0.139. The highest BCUT2D eigenvalue weighted by Gasteiger charge is 2.44. The Labute approximate surface area is 109 Å². The molecule has 0 aromatic carbocycles. The first-order valence-corrected chi connectivity index (χ1v) is 8.37. The largest absolute Gasteiger partial charge is 0.390 e. The lowest BCUT2D eigenvalue weighted by Gasteiger charge is -2.45. The average molecular weight is 277 g/mol. The predicted molar refractivity (Wildman–Crippen MR) is 68.7 cm³/mol. The molecule has 0 aromatic rings. The van der Waals surface area contributed by atoms with Crippen molar-refractivity contribution in [3.63, 3.8) is 0 Å². The summed E-state index contributed by atoms with van der Waals surface area (Å²) in [5, 5.41) is 10.3. The van der Waals surface area contributed by atoms with E-state index in [1.807, 2.05) is 0 Å². The van der Waals surface area contributed by atoms with Gasteiger partial charge >= 0.3 is 0 Å². The van der Waals surface area contributed by atoms with Crippen molar-refractivity contribution < 1.29 is 18.3 Å². The van der Waals surface area contributed by atoms with Gasteiger partial charge in [-0.05, 0) is 25.2 Å². The normalized spacial score (nSPS) is 38.4. The smallest absolute Gasteiger partial charge is 0.211 e. The molecule has 0 radical (unpaired) electrons. The topological polar surface area (TPSA) is 66.8 Å². The number of sulfonamides is 1. The van der Waals surface area contributed by atoms with Gasteiger partial charge in [0.2, 0.25) is 10.0 Å². The summed E-state index contributed by atoms with van der Waals surface area (Å²) in [7, 11) is -1.43. The van der Waals surface area contributed by atoms with Crippen molar-refractivity contribution in [2.24, 2.45) is 5.92 Å². The Morgan fingerprint density at radius 1 is 1.44 bits per heavy atom. The minimum Gasteiger partial charge on any atom is -0.390 e. The standard InChI is InChI=1S/C12H23NO4S/c1-17-11-7-12(14,8-11)6-10-4-3-5-13(9-10)18(2,15)16/h10-11,14H,3-9H2,1-2H3. The number of hydrogen-bond donors (Lipinski definition) is 1. The lowest BCUT2D eigenvalue weighted by Crippen LogP contribution is -2.51. The van der Waals surface area contributed by atoms with Crippen LogP contribution in [0, 0.1) is 5.92 Å². The molecule has 0 amide bonds. The molecular formula is C12H23NO4S. The summed E-state index contributed by atoms with van der Waals surface area (Å²) >= 11 is 0. The van der Waals surface area contributed by atoms with E-state index in [2.05, 4.69) is 0 Å². The summed E-state index contributed by atoms with van der Waals surface area (Å²) in [6.07, 6.45) is 5.38. The fraction of sp³-hybridized carbons (Fsp3) is 1.00. The highest BCUT2D eigenvalue weighted by Crippen LogP contribution is 2.40. The summed E-state index contributed by atoms with van der Waals surface area (Å²) in [5.41, 5.74) is -0.633. The van der Waals surface area contributed by atoms with Crippen LogP contribution in [0.15, 0.2) is 0 Å². The maximum Gasteiger partial charge on any atom is 0.211 e. The number of methoxy groups -OCH3 is 1. The molecule has 5 nitrogen and oxygen atoms in total. The first-order chi connectivity index (χ1) is 8.32. The van der Waals surface area contributed by atoms with E-state index in [4.69, 9.17) is 4.74 Å². The third-order valence-electron chi connectivity index (χ3n) is 4.17. The van der Waals surface area contributed by atoms with E-state index in [0.29, 0.717) is 32.4 Å². The molecule has 1 heterocycles.